The van der Waals surface area contributed by atoms with Gasteiger partial charge in [0.25, 0.3) is 5.91 Å². The smallest absolute Gasteiger partial charge is 0.326 e. The van der Waals surface area contributed by atoms with Crippen LogP contribution in [0.25, 0.3) is 0 Å². The fraction of sp³-hybridized carbons (Fsp3) is 0.273. The highest BCUT2D eigenvalue weighted by Crippen LogP contribution is 2.21. The average molecular weight is 321 g/mol. The number of carboxylic acid groups (broad SMARTS) is 1. The van der Waals surface area contributed by atoms with Gasteiger partial charge in [0, 0.05) is 9.50 Å². The molecule has 0 aliphatic heterocycles. The number of halogens is 2. The molecule has 0 bridgehead atoms. The summed E-state index contributed by atoms with van der Waals surface area (Å²) in [7, 11) is 0. The molecule has 1 aromatic rings. The molecule has 0 radical (unpaired) electrons. The van der Waals surface area contributed by atoms with E-state index in [9.17, 15) is 9.59 Å². The van der Waals surface area contributed by atoms with E-state index in [1.165, 1.54) is 6.07 Å². The maximum atomic E-state index is 11.8. The SMILES string of the molecule is CCC(NC(=O)c1ccc(Cl)cc1Br)C(=O)O. The van der Waals surface area contributed by atoms with E-state index in [2.05, 4.69) is 21.2 Å². The summed E-state index contributed by atoms with van der Waals surface area (Å²) in [6.45, 7) is 1.69. The summed E-state index contributed by atoms with van der Waals surface area (Å²) in [5.74, 6) is -1.49. The molecule has 1 atom stereocenters. The lowest BCUT2D eigenvalue weighted by Gasteiger charge is -2.13. The molecule has 0 aliphatic carbocycles. The Labute approximate surface area is 112 Å². The second-order valence-corrected chi connectivity index (χ2v) is 4.69. The average Bonchev–Trinajstić information content (AvgIpc) is 2.24. The molecular weight excluding hydrogens is 309 g/mol. The van der Waals surface area contributed by atoms with Crippen molar-refractivity contribution in [3.63, 3.8) is 0 Å². The van der Waals surface area contributed by atoms with Crippen molar-refractivity contribution < 1.29 is 14.7 Å². The van der Waals surface area contributed by atoms with E-state index in [0.29, 0.717) is 21.5 Å². The Morgan fingerprint density at radius 1 is 1.53 bits per heavy atom. The third-order valence-electron chi connectivity index (χ3n) is 2.19. The normalized spacial score (nSPS) is 11.9. The van der Waals surface area contributed by atoms with Crippen LogP contribution in [0.1, 0.15) is 23.7 Å². The van der Waals surface area contributed by atoms with Crippen molar-refractivity contribution in [3.05, 3.63) is 33.3 Å². The minimum atomic E-state index is -1.05. The fourth-order valence-electron chi connectivity index (χ4n) is 1.25. The van der Waals surface area contributed by atoms with Gasteiger partial charge < -0.3 is 10.4 Å². The maximum Gasteiger partial charge on any atom is 0.326 e. The van der Waals surface area contributed by atoms with E-state index in [4.69, 9.17) is 16.7 Å². The number of hydrogen-bond donors (Lipinski definition) is 2. The summed E-state index contributed by atoms with van der Waals surface area (Å²) >= 11 is 8.95. The highest BCUT2D eigenvalue weighted by molar-refractivity contribution is 9.10. The Kier molecular flexibility index (Phi) is 4.96. The molecule has 0 aliphatic rings. The van der Waals surface area contributed by atoms with Crippen molar-refractivity contribution in [1.29, 1.82) is 0 Å². The fourth-order valence-corrected chi connectivity index (χ4v) is 2.11. The Morgan fingerprint density at radius 2 is 2.18 bits per heavy atom. The van der Waals surface area contributed by atoms with Gasteiger partial charge in [-0.25, -0.2) is 4.79 Å². The van der Waals surface area contributed by atoms with E-state index in [0.717, 1.165) is 0 Å². The van der Waals surface area contributed by atoms with Crippen LogP contribution in [0.3, 0.4) is 0 Å². The molecule has 1 rings (SSSR count). The van der Waals surface area contributed by atoms with Gasteiger partial charge in [0.2, 0.25) is 0 Å². The van der Waals surface area contributed by atoms with Crippen LogP contribution >= 0.6 is 27.5 Å². The number of carbonyl (C=O) groups is 2. The maximum absolute atomic E-state index is 11.8. The largest absolute Gasteiger partial charge is 0.480 e. The molecule has 1 unspecified atom stereocenters. The summed E-state index contributed by atoms with van der Waals surface area (Å²) in [5, 5.41) is 11.8. The molecule has 0 saturated heterocycles. The van der Waals surface area contributed by atoms with Crippen LogP contribution in [-0.4, -0.2) is 23.0 Å². The zero-order chi connectivity index (χ0) is 13.0. The number of nitrogens with one attached hydrogen (secondary N) is 1. The number of benzene rings is 1. The number of carboxylic acids is 1. The van der Waals surface area contributed by atoms with Gasteiger partial charge in [-0.15, -0.1) is 0 Å². The topological polar surface area (TPSA) is 66.4 Å². The van der Waals surface area contributed by atoms with Crippen LogP contribution in [0.4, 0.5) is 0 Å². The first kappa shape index (κ1) is 14.0. The Bertz CT molecular complexity index is 450. The van der Waals surface area contributed by atoms with Crippen LogP contribution in [0.15, 0.2) is 22.7 Å². The van der Waals surface area contributed by atoms with Crippen LogP contribution in [0, 0.1) is 0 Å². The van der Waals surface area contributed by atoms with E-state index in [1.54, 1.807) is 19.1 Å². The van der Waals surface area contributed by atoms with Gasteiger partial charge in [-0.05, 0) is 40.5 Å². The van der Waals surface area contributed by atoms with Crippen molar-refractivity contribution in [2.45, 2.75) is 19.4 Å². The summed E-state index contributed by atoms with van der Waals surface area (Å²) in [4.78, 5) is 22.6. The second kappa shape index (κ2) is 6.02. The molecule has 6 heteroatoms. The zero-order valence-corrected chi connectivity index (χ0v) is 11.4. The lowest BCUT2D eigenvalue weighted by atomic mass is 10.1. The van der Waals surface area contributed by atoms with E-state index >= 15 is 0 Å². The standard InChI is InChI=1S/C11H11BrClNO3/c1-2-9(11(16)17)14-10(15)7-4-3-6(13)5-8(7)12/h3-5,9H,2H2,1H3,(H,14,15)(H,16,17). The summed E-state index contributed by atoms with van der Waals surface area (Å²) in [5.41, 5.74) is 0.356. The summed E-state index contributed by atoms with van der Waals surface area (Å²) < 4.78 is 0.530. The molecule has 1 aromatic carbocycles. The van der Waals surface area contributed by atoms with E-state index in [-0.39, 0.29) is 0 Å². The summed E-state index contributed by atoms with van der Waals surface area (Å²) in [6, 6.07) is 3.81. The number of aliphatic carboxylic acids is 1. The van der Waals surface area contributed by atoms with Crippen molar-refractivity contribution in [1.82, 2.24) is 5.32 Å². The Morgan fingerprint density at radius 3 is 2.65 bits per heavy atom. The molecule has 0 saturated carbocycles. The molecule has 4 nitrogen and oxygen atoms in total. The molecule has 92 valence electrons. The van der Waals surface area contributed by atoms with Crippen LogP contribution in [0.2, 0.25) is 5.02 Å². The van der Waals surface area contributed by atoms with E-state index in [1.807, 2.05) is 0 Å². The predicted octanol–water partition coefficient (Wildman–Crippen LogP) is 2.70. The van der Waals surface area contributed by atoms with Gasteiger partial charge in [-0.2, -0.15) is 0 Å². The quantitative estimate of drug-likeness (QED) is 0.896. The molecule has 17 heavy (non-hydrogen) atoms. The Balaban J connectivity index is 2.86. The molecule has 0 fully saturated rings. The highest BCUT2D eigenvalue weighted by Gasteiger charge is 2.19. The van der Waals surface area contributed by atoms with Gasteiger partial charge in [0.15, 0.2) is 0 Å². The van der Waals surface area contributed by atoms with Crippen molar-refractivity contribution in [3.8, 4) is 0 Å². The van der Waals surface area contributed by atoms with Crippen molar-refractivity contribution in [2.24, 2.45) is 0 Å². The van der Waals surface area contributed by atoms with Gasteiger partial charge >= 0.3 is 5.97 Å². The van der Waals surface area contributed by atoms with Gasteiger partial charge in [-0.3, -0.25) is 4.79 Å². The number of rotatable bonds is 4. The van der Waals surface area contributed by atoms with Crippen LogP contribution in [-0.2, 0) is 4.79 Å². The minimum Gasteiger partial charge on any atom is -0.480 e. The van der Waals surface area contributed by atoms with Crippen molar-refractivity contribution in [2.75, 3.05) is 0 Å². The third-order valence-corrected chi connectivity index (χ3v) is 3.08. The molecule has 0 spiro atoms. The van der Waals surface area contributed by atoms with Crippen molar-refractivity contribution >= 4 is 39.4 Å². The molecule has 2 N–H and O–H groups in total. The summed E-state index contributed by atoms with van der Waals surface area (Å²) in [6.07, 6.45) is 0.326. The molecule has 0 aromatic heterocycles. The third kappa shape index (κ3) is 3.71. The number of hydrogen-bond acceptors (Lipinski definition) is 2. The predicted molar refractivity (Wildman–Crippen MR) is 68.3 cm³/mol. The first-order valence-corrected chi connectivity index (χ1v) is 6.11. The van der Waals surface area contributed by atoms with Crippen LogP contribution < -0.4 is 5.32 Å². The van der Waals surface area contributed by atoms with Gasteiger partial charge in [0.1, 0.15) is 6.04 Å². The highest BCUT2D eigenvalue weighted by atomic mass is 79.9. The zero-order valence-electron chi connectivity index (χ0n) is 9.04. The molecular formula is C11H11BrClNO3. The lowest BCUT2D eigenvalue weighted by molar-refractivity contribution is -0.139. The van der Waals surface area contributed by atoms with Gasteiger partial charge in [0.05, 0.1) is 5.56 Å². The lowest BCUT2D eigenvalue weighted by Crippen LogP contribution is -2.40. The van der Waals surface area contributed by atoms with Gasteiger partial charge in [-0.1, -0.05) is 18.5 Å². The number of carbonyl (C=O) groups excluding carboxylic acids is 1. The van der Waals surface area contributed by atoms with E-state index < -0.39 is 17.9 Å². The Hall–Kier alpha value is -1.07. The molecule has 0 heterocycles. The first-order chi connectivity index (χ1) is 7.95. The number of amides is 1. The van der Waals surface area contributed by atoms with Crippen LogP contribution in [0.5, 0.6) is 0 Å². The second-order valence-electron chi connectivity index (χ2n) is 3.40. The molecule has 1 amide bonds. The monoisotopic (exact) mass is 319 g/mol. The minimum absolute atomic E-state index is 0.326. The first-order valence-electron chi connectivity index (χ1n) is 4.94.